The van der Waals surface area contributed by atoms with Crippen molar-refractivity contribution < 1.29 is 42.6 Å². The van der Waals surface area contributed by atoms with E-state index in [4.69, 9.17) is 28.3 Å². The third-order valence-electron chi connectivity index (χ3n) is 10.4. The highest BCUT2D eigenvalue weighted by Gasteiger charge is 2.67. The summed E-state index contributed by atoms with van der Waals surface area (Å²) in [4.78, 5) is 45.6. The molecule has 2 saturated heterocycles. The van der Waals surface area contributed by atoms with Gasteiger partial charge in [0.15, 0.2) is 5.75 Å². The van der Waals surface area contributed by atoms with E-state index in [1.807, 2.05) is 0 Å². The van der Waals surface area contributed by atoms with Crippen LogP contribution >= 0.6 is 0 Å². The fraction of sp³-hybridized carbons (Fsp3) is 0.622. The van der Waals surface area contributed by atoms with E-state index in [9.17, 15) is 14.4 Å². The molecular weight excluding hydrogens is 627 g/mol. The molecule has 0 N–H and O–H groups in total. The molecule has 3 heterocycles. The zero-order valence-corrected chi connectivity index (χ0v) is 30.2. The van der Waals surface area contributed by atoms with Crippen LogP contribution in [0.3, 0.4) is 0 Å². The molecule has 0 spiro atoms. The summed E-state index contributed by atoms with van der Waals surface area (Å²) in [5.74, 6) is 0.386. The van der Waals surface area contributed by atoms with Crippen LogP contribution in [0.15, 0.2) is 36.7 Å². The highest BCUT2D eigenvalue weighted by Crippen LogP contribution is 2.65. The lowest BCUT2D eigenvalue weighted by Crippen LogP contribution is -2.65. The van der Waals surface area contributed by atoms with Crippen LogP contribution < -0.4 is 9.47 Å². The molecule has 2 aromatic rings. The zero-order chi connectivity index (χ0) is 35.5. The Balaban J connectivity index is 1.25. The summed E-state index contributed by atoms with van der Waals surface area (Å²) >= 11 is 0. The second kappa shape index (κ2) is 12.6. The minimum Gasteiger partial charge on any atom is -0.486 e. The number of amides is 1. The Morgan fingerprint density at radius 3 is 2.35 bits per heavy atom. The van der Waals surface area contributed by atoms with Crippen molar-refractivity contribution in [3.05, 3.63) is 53.3 Å². The van der Waals surface area contributed by atoms with Gasteiger partial charge in [-0.3, -0.25) is 9.78 Å². The Labute approximate surface area is 289 Å². The van der Waals surface area contributed by atoms with E-state index in [1.54, 1.807) is 76.9 Å². The molecular formula is C37H49BN2O9. The van der Waals surface area contributed by atoms with Crippen molar-refractivity contribution >= 4 is 25.2 Å². The first kappa shape index (κ1) is 35.2. The summed E-state index contributed by atoms with van der Waals surface area (Å²) in [5, 5.41) is 0. The van der Waals surface area contributed by atoms with Crippen molar-refractivity contribution in [3.8, 4) is 11.5 Å². The summed E-state index contributed by atoms with van der Waals surface area (Å²) in [6.45, 7) is 17.9. The fourth-order valence-corrected chi connectivity index (χ4v) is 7.77. The summed E-state index contributed by atoms with van der Waals surface area (Å²) in [7, 11) is -0.446. The van der Waals surface area contributed by atoms with Crippen molar-refractivity contribution in [1.29, 1.82) is 0 Å². The molecule has 1 amide bonds. The molecule has 5 fully saturated rings. The lowest BCUT2D eigenvalue weighted by Gasteiger charge is -2.64. The second-order valence-corrected chi connectivity index (χ2v) is 16.6. The number of pyridine rings is 1. The third kappa shape index (κ3) is 7.17. The fourth-order valence-electron chi connectivity index (χ4n) is 7.77. The van der Waals surface area contributed by atoms with Crippen molar-refractivity contribution in [1.82, 2.24) is 9.88 Å². The smallest absolute Gasteiger partial charge is 0.486 e. The van der Waals surface area contributed by atoms with Gasteiger partial charge in [0, 0.05) is 12.4 Å². The number of rotatable bonds is 8. The molecule has 49 heavy (non-hydrogen) atoms. The number of likely N-dealkylation sites (tertiary alicyclic amines) is 1. The van der Waals surface area contributed by atoms with Gasteiger partial charge in [-0.1, -0.05) is 19.9 Å². The van der Waals surface area contributed by atoms with E-state index in [0.717, 1.165) is 12.8 Å². The van der Waals surface area contributed by atoms with Gasteiger partial charge >= 0.3 is 19.2 Å². The number of carbonyl (C=O) groups excluding carboxylic acids is 3. The molecule has 1 aromatic carbocycles. The number of carbonyl (C=O) groups is 3. The molecule has 12 heteroatoms. The van der Waals surface area contributed by atoms with Crippen LogP contribution in [0.4, 0.5) is 4.79 Å². The lowest BCUT2D eigenvalue weighted by molar-refractivity contribution is -0.199. The Morgan fingerprint density at radius 1 is 1.00 bits per heavy atom. The van der Waals surface area contributed by atoms with Crippen LogP contribution in [0, 0.1) is 17.3 Å². The van der Waals surface area contributed by atoms with Crippen LogP contribution in [-0.2, 0) is 25.2 Å². The topological polar surface area (TPSA) is 123 Å². The van der Waals surface area contributed by atoms with Gasteiger partial charge in [0.25, 0.3) is 5.91 Å². The largest absolute Gasteiger partial charge is 0.514 e. The standard InChI is InChI=1S/C37H49BN2O9/c1-34(2,3)46-32(42)29-26(44-25-20-40(21-25)31(41)23-11-10-16-39-19-23)13-12-22(30(29)45-33(43)47-35(4,5)6)14-15-38-48-28-18-24-17-27(36(24,7)8)37(28,9)49-38/h10-13,16,19,24-25,27-28H,14-15,17-18,20-21H2,1-9H3/t24-,27-,28+,37-/m0/s1. The lowest BCUT2D eigenvalue weighted by atomic mass is 9.43. The van der Waals surface area contributed by atoms with Gasteiger partial charge in [0.05, 0.1) is 30.4 Å². The van der Waals surface area contributed by atoms with Crippen LogP contribution in [-0.4, -0.2) is 77.1 Å². The first-order valence-corrected chi connectivity index (χ1v) is 17.3. The Bertz CT molecular complexity index is 1600. The van der Waals surface area contributed by atoms with Gasteiger partial charge in [-0.15, -0.1) is 0 Å². The van der Waals surface area contributed by atoms with E-state index in [2.05, 4.69) is 25.8 Å². The van der Waals surface area contributed by atoms with Crippen LogP contribution in [0.25, 0.3) is 0 Å². The van der Waals surface area contributed by atoms with E-state index >= 15 is 0 Å². The van der Waals surface area contributed by atoms with Gasteiger partial charge in [0.1, 0.15) is 28.6 Å². The van der Waals surface area contributed by atoms with Crippen LogP contribution in [0.1, 0.15) is 101 Å². The number of aryl methyl sites for hydroxylation is 1. The SMILES string of the molecule is CC(C)(C)OC(=O)Oc1c(CCB2O[C@@H]3C[C@@H]4C[C@@H](C4(C)C)[C@]3(C)O2)ccc(OC2CN(C(=O)c3cccnc3)C2)c1C(=O)OC(C)(C)C. The van der Waals surface area contributed by atoms with Gasteiger partial charge < -0.3 is 33.2 Å². The average molecular weight is 677 g/mol. The normalized spacial score (nSPS) is 25.9. The molecule has 2 bridgehead atoms. The molecule has 0 radical (unpaired) electrons. The van der Waals surface area contributed by atoms with E-state index in [-0.39, 0.29) is 40.1 Å². The molecule has 5 aliphatic rings. The Hall–Kier alpha value is -3.64. The van der Waals surface area contributed by atoms with Gasteiger partial charge in [0.2, 0.25) is 0 Å². The number of esters is 1. The monoisotopic (exact) mass is 676 g/mol. The van der Waals surface area contributed by atoms with Crippen LogP contribution in [0.5, 0.6) is 11.5 Å². The number of benzene rings is 1. The summed E-state index contributed by atoms with van der Waals surface area (Å²) in [6.07, 6.45) is 4.81. The van der Waals surface area contributed by atoms with Gasteiger partial charge in [-0.25, -0.2) is 9.59 Å². The first-order chi connectivity index (χ1) is 22.8. The molecule has 2 aliphatic heterocycles. The second-order valence-electron chi connectivity index (χ2n) is 16.6. The summed E-state index contributed by atoms with van der Waals surface area (Å²) in [5.41, 5.74) is -0.768. The Morgan fingerprint density at radius 2 is 1.71 bits per heavy atom. The average Bonchev–Trinajstić information content (AvgIpc) is 3.32. The molecule has 0 unspecified atom stereocenters. The number of hydrogen-bond acceptors (Lipinski definition) is 10. The maximum Gasteiger partial charge on any atom is 0.514 e. The molecule has 264 valence electrons. The molecule has 4 atom stereocenters. The number of aromatic nitrogens is 1. The van der Waals surface area contributed by atoms with Gasteiger partial charge in [-0.05, 0) is 115 Å². The van der Waals surface area contributed by atoms with Gasteiger partial charge in [-0.2, -0.15) is 0 Å². The quantitative estimate of drug-likeness (QED) is 0.173. The zero-order valence-electron chi connectivity index (χ0n) is 30.2. The maximum atomic E-state index is 13.9. The minimum absolute atomic E-state index is 0.00799. The van der Waals surface area contributed by atoms with E-state index < -0.39 is 36.5 Å². The maximum absolute atomic E-state index is 13.9. The van der Waals surface area contributed by atoms with E-state index in [1.165, 1.54) is 6.20 Å². The molecule has 11 nitrogen and oxygen atoms in total. The first-order valence-electron chi connectivity index (χ1n) is 17.3. The number of hydrogen-bond donors (Lipinski definition) is 0. The van der Waals surface area contributed by atoms with Crippen molar-refractivity contribution in [2.45, 2.75) is 117 Å². The van der Waals surface area contributed by atoms with Crippen LogP contribution in [0.2, 0.25) is 6.32 Å². The highest BCUT2D eigenvalue weighted by molar-refractivity contribution is 6.45. The van der Waals surface area contributed by atoms with E-state index in [0.29, 0.717) is 48.8 Å². The summed E-state index contributed by atoms with van der Waals surface area (Å²) < 4.78 is 36.6. The van der Waals surface area contributed by atoms with Crippen molar-refractivity contribution in [3.63, 3.8) is 0 Å². The molecule has 7 rings (SSSR count). The predicted octanol–water partition coefficient (Wildman–Crippen LogP) is 6.53. The van der Waals surface area contributed by atoms with Crippen molar-refractivity contribution in [2.75, 3.05) is 13.1 Å². The summed E-state index contributed by atoms with van der Waals surface area (Å²) in [6, 6.07) is 6.90. The van der Waals surface area contributed by atoms with Crippen molar-refractivity contribution in [2.24, 2.45) is 17.3 Å². The molecule has 3 saturated carbocycles. The molecule has 3 aliphatic carbocycles. The minimum atomic E-state index is -0.957. The molecule has 1 aromatic heterocycles. The third-order valence-corrected chi connectivity index (χ3v) is 10.4. The number of ether oxygens (including phenoxy) is 4. The number of nitrogens with zero attached hydrogens (tertiary/aromatic N) is 2. The predicted molar refractivity (Wildman–Crippen MR) is 182 cm³/mol. The highest BCUT2D eigenvalue weighted by atomic mass is 16.7. The Kier molecular flexibility index (Phi) is 9.05.